The second-order valence-electron chi connectivity index (χ2n) is 9.82. The van der Waals surface area contributed by atoms with Crippen LogP contribution in [0, 0.1) is 11.7 Å². The molecular formula is C29H24FN9O. The van der Waals surface area contributed by atoms with Gasteiger partial charge in [0.25, 0.3) is 0 Å². The van der Waals surface area contributed by atoms with Crippen molar-refractivity contribution in [2.45, 2.75) is 12.8 Å². The minimum Gasteiger partial charge on any atom is -0.335 e. The van der Waals surface area contributed by atoms with Crippen LogP contribution in [0.25, 0.3) is 55.8 Å². The molecule has 0 bridgehead atoms. The zero-order chi connectivity index (χ0) is 27.1. The number of pyridine rings is 3. The van der Waals surface area contributed by atoms with Crippen LogP contribution in [0.15, 0.2) is 67.4 Å². The highest BCUT2D eigenvalue weighted by molar-refractivity contribution is 5.97. The average molecular weight is 534 g/mol. The SMILES string of the molecule is O=C(Nc1cncc(-c2cnc3n[nH]c(-c4nc5c(-c6ccccc6F)cncc5[nH]4)c3c2)c1)C1CCNCC1. The molecule has 0 unspecified atom stereocenters. The van der Waals surface area contributed by atoms with Gasteiger partial charge in [-0.1, -0.05) is 18.2 Å². The second-order valence-corrected chi connectivity index (χ2v) is 9.82. The van der Waals surface area contributed by atoms with E-state index >= 15 is 0 Å². The van der Waals surface area contributed by atoms with E-state index in [1.165, 1.54) is 6.07 Å². The van der Waals surface area contributed by atoms with Gasteiger partial charge in [0.1, 0.15) is 17.0 Å². The van der Waals surface area contributed by atoms with Crippen molar-refractivity contribution in [3.05, 3.63) is 73.2 Å². The molecule has 11 heteroatoms. The first-order chi connectivity index (χ1) is 19.6. The Labute approximate surface area is 227 Å². The summed E-state index contributed by atoms with van der Waals surface area (Å²) in [6, 6.07) is 10.4. The van der Waals surface area contributed by atoms with Gasteiger partial charge in [-0.3, -0.25) is 19.9 Å². The van der Waals surface area contributed by atoms with E-state index in [0.29, 0.717) is 45.0 Å². The molecule has 0 atom stereocenters. The van der Waals surface area contributed by atoms with Gasteiger partial charge in [-0.15, -0.1) is 0 Å². The Morgan fingerprint density at radius 3 is 2.65 bits per heavy atom. The third kappa shape index (κ3) is 4.35. The summed E-state index contributed by atoms with van der Waals surface area (Å²) in [4.78, 5) is 34.0. The summed E-state index contributed by atoms with van der Waals surface area (Å²) in [6.07, 6.45) is 10.0. The number of H-pyrrole nitrogens is 2. The summed E-state index contributed by atoms with van der Waals surface area (Å²) in [7, 11) is 0. The number of amides is 1. The fourth-order valence-electron chi connectivity index (χ4n) is 5.16. The van der Waals surface area contributed by atoms with E-state index in [-0.39, 0.29) is 17.6 Å². The monoisotopic (exact) mass is 533 g/mol. The Balaban J connectivity index is 1.23. The van der Waals surface area contributed by atoms with E-state index in [4.69, 9.17) is 4.98 Å². The first-order valence-corrected chi connectivity index (χ1v) is 13.0. The number of aromatic nitrogens is 7. The van der Waals surface area contributed by atoms with Crippen LogP contribution >= 0.6 is 0 Å². The van der Waals surface area contributed by atoms with Gasteiger partial charge in [0.05, 0.1) is 29.0 Å². The lowest BCUT2D eigenvalue weighted by molar-refractivity contribution is -0.120. The summed E-state index contributed by atoms with van der Waals surface area (Å²) in [6.45, 7) is 1.70. The predicted molar refractivity (Wildman–Crippen MR) is 150 cm³/mol. The van der Waals surface area contributed by atoms with Crippen molar-refractivity contribution in [1.82, 2.24) is 40.4 Å². The van der Waals surface area contributed by atoms with Crippen molar-refractivity contribution >= 4 is 33.7 Å². The maximum Gasteiger partial charge on any atom is 0.227 e. The van der Waals surface area contributed by atoms with Gasteiger partial charge in [0, 0.05) is 46.8 Å². The molecule has 4 N–H and O–H groups in total. The van der Waals surface area contributed by atoms with Crippen molar-refractivity contribution in [1.29, 1.82) is 0 Å². The lowest BCUT2D eigenvalue weighted by Crippen LogP contribution is -2.34. The van der Waals surface area contributed by atoms with E-state index in [0.717, 1.165) is 42.4 Å². The number of anilines is 1. The molecule has 1 aliphatic heterocycles. The number of halogens is 1. The van der Waals surface area contributed by atoms with Crippen LogP contribution in [0.1, 0.15) is 12.8 Å². The van der Waals surface area contributed by atoms with Crippen molar-refractivity contribution in [3.8, 4) is 33.8 Å². The molecule has 198 valence electrons. The Morgan fingerprint density at radius 2 is 1.77 bits per heavy atom. The molecule has 1 saturated heterocycles. The third-order valence-electron chi connectivity index (χ3n) is 7.25. The second kappa shape index (κ2) is 9.93. The standard InChI is InChI=1S/C29H24FN9O/c30-23-4-2-1-3-20(23)22-14-33-15-24-25(22)37-28(36-24)26-21-10-18(12-34-27(21)39-38-26)17-9-19(13-32-11-17)35-29(40)16-5-7-31-8-6-16/h1-4,9-16,31H,5-8H2,(H,35,40)(H,36,37)(H,34,38,39). The minimum atomic E-state index is -0.343. The molecule has 40 heavy (non-hydrogen) atoms. The van der Waals surface area contributed by atoms with Crippen LogP contribution in [-0.2, 0) is 4.79 Å². The molecule has 1 amide bonds. The Morgan fingerprint density at radius 1 is 0.950 bits per heavy atom. The molecule has 5 aromatic heterocycles. The number of imidazole rings is 1. The van der Waals surface area contributed by atoms with E-state index in [1.807, 2.05) is 12.1 Å². The van der Waals surface area contributed by atoms with Gasteiger partial charge in [-0.05, 0) is 44.1 Å². The Hall–Kier alpha value is -5.03. The zero-order valence-corrected chi connectivity index (χ0v) is 21.3. The maximum absolute atomic E-state index is 14.6. The number of rotatable bonds is 5. The minimum absolute atomic E-state index is 0.00526. The van der Waals surface area contributed by atoms with Gasteiger partial charge in [0.15, 0.2) is 11.5 Å². The summed E-state index contributed by atoms with van der Waals surface area (Å²) in [5.41, 5.74) is 5.71. The van der Waals surface area contributed by atoms with E-state index in [1.54, 1.807) is 49.2 Å². The van der Waals surface area contributed by atoms with Crippen LogP contribution in [0.4, 0.5) is 10.1 Å². The number of benzene rings is 1. The number of aromatic amines is 2. The van der Waals surface area contributed by atoms with Gasteiger partial charge >= 0.3 is 0 Å². The van der Waals surface area contributed by atoms with Crippen LogP contribution in [0.2, 0.25) is 0 Å². The van der Waals surface area contributed by atoms with Crippen molar-refractivity contribution < 1.29 is 9.18 Å². The van der Waals surface area contributed by atoms with E-state index in [9.17, 15) is 9.18 Å². The van der Waals surface area contributed by atoms with Gasteiger partial charge in [-0.25, -0.2) is 14.4 Å². The first-order valence-electron chi connectivity index (χ1n) is 13.0. The molecule has 6 aromatic rings. The Bertz CT molecular complexity index is 1870. The fraction of sp³-hybridized carbons (Fsp3) is 0.172. The Kier molecular flexibility index (Phi) is 5.97. The summed E-state index contributed by atoms with van der Waals surface area (Å²) >= 11 is 0. The predicted octanol–water partition coefficient (Wildman–Crippen LogP) is 4.70. The number of nitrogens with one attached hydrogen (secondary N) is 4. The molecule has 1 aromatic carbocycles. The van der Waals surface area contributed by atoms with Gasteiger partial charge in [-0.2, -0.15) is 5.10 Å². The van der Waals surface area contributed by atoms with Crippen molar-refractivity contribution in [3.63, 3.8) is 0 Å². The van der Waals surface area contributed by atoms with E-state index < -0.39 is 0 Å². The van der Waals surface area contributed by atoms with Gasteiger partial charge < -0.3 is 15.6 Å². The molecular weight excluding hydrogens is 509 g/mol. The molecule has 7 rings (SSSR count). The average Bonchev–Trinajstić information content (AvgIpc) is 3.62. The zero-order valence-electron chi connectivity index (χ0n) is 21.3. The number of nitrogens with zero attached hydrogens (tertiary/aromatic N) is 5. The number of piperidine rings is 1. The molecule has 6 heterocycles. The number of hydrogen-bond donors (Lipinski definition) is 4. The smallest absolute Gasteiger partial charge is 0.227 e. The van der Waals surface area contributed by atoms with Crippen LogP contribution in [0.5, 0.6) is 0 Å². The van der Waals surface area contributed by atoms with E-state index in [2.05, 4.69) is 40.8 Å². The van der Waals surface area contributed by atoms with Crippen LogP contribution < -0.4 is 10.6 Å². The number of hydrogen-bond acceptors (Lipinski definition) is 7. The van der Waals surface area contributed by atoms with Crippen LogP contribution in [0.3, 0.4) is 0 Å². The first kappa shape index (κ1) is 24.0. The molecule has 1 aliphatic rings. The highest BCUT2D eigenvalue weighted by atomic mass is 19.1. The number of fused-ring (bicyclic) bond motifs is 2. The molecule has 0 radical (unpaired) electrons. The van der Waals surface area contributed by atoms with Crippen molar-refractivity contribution in [2.75, 3.05) is 18.4 Å². The van der Waals surface area contributed by atoms with Gasteiger partial charge in [0.2, 0.25) is 5.91 Å². The van der Waals surface area contributed by atoms with Crippen molar-refractivity contribution in [2.24, 2.45) is 5.92 Å². The summed E-state index contributed by atoms with van der Waals surface area (Å²) < 4.78 is 14.6. The molecule has 0 aliphatic carbocycles. The highest BCUT2D eigenvalue weighted by Gasteiger charge is 2.21. The molecule has 1 fully saturated rings. The molecule has 0 saturated carbocycles. The fourth-order valence-corrected chi connectivity index (χ4v) is 5.16. The highest BCUT2D eigenvalue weighted by Crippen LogP contribution is 2.33. The third-order valence-corrected chi connectivity index (χ3v) is 7.25. The summed E-state index contributed by atoms with van der Waals surface area (Å²) in [5, 5.41) is 14.4. The normalized spacial score (nSPS) is 14.1. The lowest BCUT2D eigenvalue weighted by Gasteiger charge is -2.21. The summed E-state index contributed by atoms with van der Waals surface area (Å²) in [5.74, 6) is 0.197. The quantitative estimate of drug-likeness (QED) is 0.252. The topological polar surface area (TPSA) is 137 Å². The maximum atomic E-state index is 14.6. The largest absolute Gasteiger partial charge is 0.335 e. The molecule has 10 nitrogen and oxygen atoms in total. The lowest BCUT2D eigenvalue weighted by atomic mass is 9.97. The van der Waals surface area contributed by atoms with Crippen LogP contribution in [-0.4, -0.2) is 54.1 Å². The number of carbonyl (C=O) groups is 1. The molecule has 0 spiro atoms. The number of carbonyl (C=O) groups excluding carboxylic acids is 1.